The molecule has 0 bridgehead atoms. The van der Waals surface area contributed by atoms with Crippen LogP contribution in [0.15, 0.2) is 4.99 Å². The minimum Gasteiger partial charge on any atom is -0.444 e. The van der Waals surface area contributed by atoms with E-state index in [1.54, 1.807) is 4.90 Å². The van der Waals surface area contributed by atoms with Gasteiger partial charge < -0.3 is 25.6 Å². The molecule has 150 valence electrons. The lowest BCUT2D eigenvalue weighted by Crippen LogP contribution is -2.63. The van der Waals surface area contributed by atoms with E-state index in [2.05, 4.69) is 20.9 Å². The van der Waals surface area contributed by atoms with E-state index in [1.807, 2.05) is 41.5 Å². The molecule has 0 aromatic rings. The Bertz CT molecular complexity index is 496. The number of carbonyl (C=O) groups excluding carboxylic acids is 2. The normalized spacial score (nSPS) is 16.5. The molecule has 8 nitrogen and oxygen atoms in total. The Morgan fingerprint density at radius 3 is 2.46 bits per heavy atom. The van der Waals surface area contributed by atoms with Crippen LogP contribution in [-0.4, -0.2) is 66.7 Å². The Labute approximate surface area is 157 Å². The molecule has 1 aliphatic rings. The van der Waals surface area contributed by atoms with Crippen molar-refractivity contribution in [2.24, 2.45) is 4.99 Å². The number of guanidine groups is 1. The second-order valence-corrected chi connectivity index (χ2v) is 7.61. The average Bonchev–Trinajstić information content (AvgIpc) is 2.48. The van der Waals surface area contributed by atoms with Crippen molar-refractivity contribution in [3.05, 3.63) is 0 Å². The highest BCUT2D eigenvalue weighted by Gasteiger charge is 2.34. The van der Waals surface area contributed by atoms with Gasteiger partial charge in [0, 0.05) is 32.1 Å². The van der Waals surface area contributed by atoms with Crippen molar-refractivity contribution in [3.8, 4) is 0 Å². The molecule has 1 unspecified atom stereocenters. The van der Waals surface area contributed by atoms with E-state index in [4.69, 9.17) is 4.74 Å². The second-order valence-electron chi connectivity index (χ2n) is 7.61. The minimum absolute atomic E-state index is 0.0127. The number of aliphatic imine (C=N–C) groups is 1. The number of ether oxygens (including phenoxy) is 1. The van der Waals surface area contributed by atoms with Gasteiger partial charge in [-0.1, -0.05) is 6.92 Å². The Morgan fingerprint density at radius 1 is 1.27 bits per heavy atom. The summed E-state index contributed by atoms with van der Waals surface area (Å²) in [7, 11) is 0. The lowest BCUT2D eigenvalue weighted by molar-refractivity contribution is -0.121. The molecule has 0 saturated carbocycles. The summed E-state index contributed by atoms with van der Waals surface area (Å²) in [5.41, 5.74) is -0.484. The molecular formula is C18H35N5O3. The first-order chi connectivity index (χ1) is 12.1. The maximum atomic E-state index is 11.9. The molecule has 1 heterocycles. The van der Waals surface area contributed by atoms with Crippen molar-refractivity contribution in [3.63, 3.8) is 0 Å². The second kappa shape index (κ2) is 10.2. The van der Waals surface area contributed by atoms with Gasteiger partial charge in [0.25, 0.3) is 0 Å². The third-order valence-electron chi connectivity index (χ3n) is 3.85. The zero-order valence-electron chi connectivity index (χ0n) is 17.0. The fraction of sp³-hybridized carbons (Fsp3) is 0.833. The van der Waals surface area contributed by atoms with Crippen LogP contribution < -0.4 is 16.0 Å². The molecule has 3 N–H and O–H groups in total. The Hall–Kier alpha value is -1.99. The standard InChI is InChI=1S/C18H35N5O3/c1-7-13(3)21-15(24)9-10-20-16(19-8-2)22-14-11-23(12-14)17(25)26-18(4,5)6/h13-14H,7-12H2,1-6H3,(H,21,24)(H2,19,20,22). The van der Waals surface area contributed by atoms with Gasteiger partial charge in [-0.25, -0.2) is 4.79 Å². The number of nitrogens with one attached hydrogen (secondary N) is 3. The molecule has 0 spiro atoms. The van der Waals surface area contributed by atoms with Crippen molar-refractivity contribution < 1.29 is 14.3 Å². The molecule has 0 aromatic carbocycles. The fourth-order valence-corrected chi connectivity index (χ4v) is 2.28. The van der Waals surface area contributed by atoms with Crippen LogP contribution in [0.1, 0.15) is 54.4 Å². The molecular weight excluding hydrogens is 334 g/mol. The van der Waals surface area contributed by atoms with Crippen LogP contribution in [0.25, 0.3) is 0 Å². The van der Waals surface area contributed by atoms with Crippen LogP contribution in [0.2, 0.25) is 0 Å². The number of hydrogen-bond acceptors (Lipinski definition) is 4. The summed E-state index contributed by atoms with van der Waals surface area (Å²) < 4.78 is 5.34. The monoisotopic (exact) mass is 369 g/mol. The zero-order valence-corrected chi connectivity index (χ0v) is 17.0. The largest absolute Gasteiger partial charge is 0.444 e. The van der Waals surface area contributed by atoms with Gasteiger partial charge in [-0.05, 0) is 41.0 Å². The van der Waals surface area contributed by atoms with E-state index in [0.717, 1.165) is 13.0 Å². The predicted octanol–water partition coefficient (Wildman–Crippen LogP) is 1.47. The molecule has 1 atom stereocenters. The molecule has 1 aliphatic heterocycles. The zero-order chi connectivity index (χ0) is 19.7. The van der Waals surface area contributed by atoms with Gasteiger partial charge in [-0.15, -0.1) is 0 Å². The number of amides is 2. The first-order valence-corrected chi connectivity index (χ1v) is 9.46. The summed E-state index contributed by atoms with van der Waals surface area (Å²) in [4.78, 5) is 29.8. The summed E-state index contributed by atoms with van der Waals surface area (Å²) in [6.07, 6.45) is 0.976. The average molecular weight is 370 g/mol. The number of likely N-dealkylation sites (tertiary alicyclic amines) is 1. The number of rotatable bonds is 7. The molecule has 0 radical (unpaired) electrons. The predicted molar refractivity (Wildman–Crippen MR) is 103 cm³/mol. The van der Waals surface area contributed by atoms with Crippen molar-refractivity contribution in [2.75, 3.05) is 26.2 Å². The molecule has 1 saturated heterocycles. The first kappa shape index (κ1) is 22.1. The van der Waals surface area contributed by atoms with Gasteiger partial charge in [0.05, 0.1) is 12.6 Å². The number of nitrogens with zero attached hydrogens (tertiary/aromatic N) is 2. The quantitative estimate of drug-likeness (QED) is 0.467. The molecule has 8 heteroatoms. The van der Waals surface area contributed by atoms with Gasteiger partial charge in [0.15, 0.2) is 5.96 Å². The van der Waals surface area contributed by atoms with E-state index in [9.17, 15) is 9.59 Å². The van der Waals surface area contributed by atoms with Crippen molar-refractivity contribution in [1.29, 1.82) is 0 Å². The lowest BCUT2D eigenvalue weighted by Gasteiger charge is -2.40. The smallest absolute Gasteiger partial charge is 0.410 e. The Kier molecular flexibility index (Phi) is 8.68. The van der Waals surface area contributed by atoms with Crippen LogP contribution >= 0.6 is 0 Å². The van der Waals surface area contributed by atoms with E-state index in [-0.39, 0.29) is 24.1 Å². The first-order valence-electron chi connectivity index (χ1n) is 9.46. The van der Waals surface area contributed by atoms with E-state index < -0.39 is 5.60 Å². The molecule has 26 heavy (non-hydrogen) atoms. The molecule has 2 amide bonds. The topological polar surface area (TPSA) is 95.1 Å². The highest BCUT2D eigenvalue weighted by atomic mass is 16.6. The molecule has 0 aliphatic carbocycles. The lowest BCUT2D eigenvalue weighted by atomic mass is 10.1. The summed E-state index contributed by atoms with van der Waals surface area (Å²) >= 11 is 0. The van der Waals surface area contributed by atoms with Crippen molar-refractivity contribution in [1.82, 2.24) is 20.9 Å². The van der Waals surface area contributed by atoms with E-state index >= 15 is 0 Å². The number of hydrogen-bond donors (Lipinski definition) is 3. The van der Waals surface area contributed by atoms with E-state index in [0.29, 0.717) is 32.0 Å². The highest BCUT2D eigenvalue weighted by molar-refractivity contribution is 5.81. The van der Waals surface area contributed by atoms with Crippen LogP contribution in [0.5, 0.6) is 0 Å². The van der Waals surface area contributed by atoms with Crippen molar-refractivity contribution >= 4 is 18.0 Å². The molecule has 1 rings (SSSR count). The summed E-state index contributed by atoms with van der Waals surface area (Å²) in [5.74, 6) is 0.677. The Morgan fingerprint density at radius 2 is 1.92 bits per heavy atom. The maximum Gasteiger partial charge on any atom is 0.410 e. The fourth-order valence-electron chi connectivity index (χ4n) is 2.28. The Balaban J connectivity index is 2.38. The van der Waals surface area contributed by atoms with Gasteiger partial charge in [0.1, 0.15) is 5.60 Å². The van der Waals surface area contributed by atoms with E-state index in [1.165, 1.54) is 0 Å². The minimum atomic E-state index is -0.484. The third-order valence-corrected chi connectivity index (χ3v) is 3.85. The molecule has 1 fully saturated rings. The van der Waals surface area contributed by atoms with Gasteiger partial charge in [-0.3, -0.25) is 9.79 Å². The highest BCUT2D eigenvalue weighted by Crippen LogP contribution is 2.15. The summed E-state index contributed by atoms with van der Waals surface area (Å²) in [6, 6.07) is 0.320. The summed E-state index contributed by atoms with van der Waals surface area (Å²) in [6.45, 7) is 13.9. The number of carbonyl (C=O) groups is 2. The SMILES string of the molecule is CCNC(=NCCC(=O)NC(C)CC)NC1CN(C(=O)OC(C)(C)C)C1. The third kappa shape index (κ3) is 8.40. The molecule has 0 aromatic heterocycles. The maximum absolute atomic E-state index is 11.9. The van der Waals surface area contributed by atoms with Crippen LogP contribution in [0.3, 0.4) is 0 Å². The van der Waals surface area contributed by atoms with Gasteiger partial charge in [-0.2, -0.15) is 0 Å². The van der Waals surface area contributed by atoms with Crippen LogP contribution in [0, 0.1) is 0 Å². The van der Waals surface area contributed by atoms with Gasteiger partial charge >= 0.3 is 6.09 Å². The summed E-state index contributed by atoms with van der Waals surface area (Å²) in [5, 5.41) is 9.38. The van der Waals surface area contributed by atoms with Crippen LogP contribution in [-0.2, 0) is 9.53 Å². The van der Waals surface area contributed by atoms with Crippen molar-refractivity contribution in [2.45, 2.75) is 72.1 Å². The van der Waals surface area contributed by atoms with Gasteiger partial charge in [0.2, 0.25) is 5.91 Å². The van der Waals surface area contributed by atoms with Crippen LogP contribution in [0.4, 0.5) is 4.79 Å².